The Morgan fingerprint density at radius 3 is 2.46 bits per heavy atom. The van der Waals surface area contributed by atoms with Gasteiger partial charge in [-0.2, -0.15) is 5.26 Å². The third-order valence-electron chi connectivity index (χ3n) is 3.65. The van der Waals surface area contributed by atoms with Gasteiger partial charge in [0.1, 0.15) is 11.8 Å². The average Bonchev–Trinajstić information content (AvgIpc) is 2.66. The average molecular weight is 352 g/mol. The summed E-state index contributed by atoms with van der Waals surface area (Å²) < 4.78 is 10.4. The molecular formula is C20H20N2O4. The molecule has 1 atom stereocenters. The Morgan fingerprint density at radius 1 is 1.12 bits per heavy atom. The molecule has 0 spiro atoms. The summed E-state index contributed by atoms with van der Waals surface area (Å²) in [6, 6.07) is 18.1. The molecule has 0 bridgehead atoms. The van der Waals surface area contributed by atoms with Crippen LogP contribution in [0, 0.1) is 11.3 Å². The molecule has 0 aromatic heterocycles. The van der Waals surface area contributed by atoms with Crippen molar-refractivity contribution in [2.75, 3.05) is 13.7 Å². The summed E-state index contributed by atoms with van der Waals surface area (Å²) in [5.41, 5.74) is 1.31. The minimum absolute atomic E-state index is 0.298. The third kappa shape index (κ3) is 5.35. The van der Waals surface area contributed by atoms with E-state index in [1.165, 1.54) is 11.8 Å². The van der Waals surface area contributed by atoms with E-state index >= 15 is 0 Å². The fraction of sp³-hybridized carbons (Fsp3) is 0.250. The van der Waals surface area contributed by atoms with Crippen LogP contribution < -0.4 is 4.74 Å². The highest BCUT2D eigenvalue weighted by atomic mass is 16.6. The topological polar surface area (TPSA) is 79.6 Å². The fourth-order valence-electron chi connectivity index (χ4n) is 2.35. The minimum atomic E-state index is -0.925. The SMILES string of the molecule is C[C@H](OC(=O)COc1ccccc1C#N)C(=O)N(C)Cc1ccccc1. The van der Waals surface area contributed by atoms with Crippen LogP contribution in [0.1, 0.15) is 18.1 Å². The Hall–Kier alpha value is -3.33. The molecular weight excluding hydrogens is 332 g/mol. The Balaban J connectivity index is 1.84. The monoisotopic (exact) mass is 352 g/mol. The van der Waals surface area contributed by atoms with Crippen LogP contribution in [0.3, 0.4) is 0 Å². The molecule has 2 rings (SSSR count). The molecule has 134 valence electrons. The zero-order valence-electron chi connectivity index (χ0n) is 14.7. The molecule has 0 unspecified atom stereocenters. The van der Waals surface area contributed by atoms with E-state index in [1.54, 1.807) is 31.3 Å². The van der Waals surface area contributed by atoms with Gasteiger partial charge >= 0.3 is 5.97 Å². The van der Waals surface area contributed by atoms with Gasteiger partial charge in [0.15, 0.2) is 12.7 Å². The van der Waals surface area contributed by atoms with E-state index in [0.29, 0.717) is 17.9 Å². The summed E-state index contributed by atoms with van der Waals surface area (Å²) in [6.07, 6.45) is -0.925. The smallest absolute Gasteiger partial charge is 0.344 e. The van der Waals surface area contributed by atoms with Gasteiger partial charge in [-0.15, -0.1) is 0 Å². The van der Waals surface area contributed by atoms with Crippen molar-refractivity contribution in [3.05, 3.63) is 65.7 Å². The molecule has 26 heavy (non-hydrogen) atoms. The first-order chi connectivity index (χ1) is 12.5. The fourth-order valence-corrected chi connectivity index (χ4v) is 2.35. The van der Waals surface area contributed by atoms with E-state index in [1.807, 2.05) is 36.4 Å². The number of carbonyl (C=O) groups is 2. The Kier molecular flexibility index (Phi) is 6.75. The van der Waals surface area contributed by atoms with Crippen molar-refractivity contribution >= 4 is 11.9 Å². The summed E-state index contributed by atoms with van der Waals surface area (Å²) in [4.78, 5) is 25.7. The third-order valence-corrected chi connectivity index (χ3v) is 3.65. The zero-order valence-corrected chi connectivity index (χ0v) is 14.7. The number of nitrogens with zero attached hydrogens (tertiary/aromatic N) is 2. The quantitative estimate of drug-likeness (QED) is 0.716. The number of ether oxygens (including phenoxy) is 2. The second-order valence-corrected chi connectivity index (χ2v) is 5.71. The maximum atomic E-state index is 12.3. The highest BCUT2D eigenvalue weighted by Gasteiger charge is 2.22. The summed E-state index contributed by atoms with van der Waals surface area (Å²) in [5.74, 6) is -0.682. The molecule has 0 aliphatic carbocycles. The number of carbonyl (C=O) groups excluding carboxylic acids is 2. The maximum Gasteiger partial charge on any atom is 0.344 e. The molecule has 0 saturated heterocycles. The van der Waals surface area contributed by atoms with E-state index in [9.17, 15) is 9.59 Å². The van der Waals surface area contributed by atoms with Gasteiger partial charge in [0, 0.05) is 13.6 Å². The molecule has 6 heteroatoms. The molecule has 0 radical (unpaired) electrons. The standard InChI is InChI=1S/C20H20N2O4/c1-15(20(24)22(2)13-16-8-4-3-5-9-16)26-19(23)14-25-18-11-7-6-10-17(18)12-21/h3-11,15H,13-14H2,1-2H3/t15-/m0/s1. The van der Waals surface area contributed by atoms with Crippen molar-refractivity contribution in [2.24, 2.45) is 0 Å². The number of rotatable bonds is 7. The van der Waals surface area contributed by atoms with E-state index < -0.39 is 12.1 Å². The van der Waals surface area contributed by atoms with Crippen LogP contribution in [0.25, 0.3) is 0 Å². The zero-order chi connectivity index (χ0) is 18.9. The van der Waals surface area contributed by atoms with Crippen LogP contribution in [0.15, 0.2) is 54.6 Å². The molecule has 0 aliphatic rings. The number of para-hydroxylation sites is 1. The van der Waals surface area contributed by atoms with Crippen LogP contribution in [-0.4, -0.2) is 36.5 Å². The Bertz CT molecular complexity index is 799. The maximum absolute atomic E-state index is 12.3. The first-order valence-corrected chi connectivity index (χ1v) is 8.11. The van der Waals surface area contributed by atoms with E-state index in [4.69, 9.17) is 14.7 Å². The molecule has 0 heterocycles. The van der Waals surface area contributed by atoms with Crippen molar-refractivity contribution in [2.45, 2.75) is 19.6 Å². The normalized spacial score (nSPS) is 11.1. The minimum Gasteiger partial charge on any atom is -0.481 e. The Labute approximate surface area is 152 Å². The van der Waals surface area contributed by atoms with Gasteiger partial charge in [0.2, 0.25) is 0 Å². The van der Waals surface area contributed by atoms with Crippen LogP contribution in [0.2, 0.25) is 0 Å². The highest BCUT2D eigenvalue weighted by molar-refractivity contribution is 5.83. The van der Waals surface area contributed by atoms with E-state index in [0.717, 1.165) is 5.56 Å². The number of hydrogen-bond acceptors (Lipinski definition) is 5. The summed E-state index contributed by atoms with van der Waals surface area (Å²) in [6.45, 7) is 1.57. The largest absolute Gasteiger partial charge is 0.481 e. The summed E-state index contributed by atoms with van der Waals surface area (Å²) in [5, 5.41) is 8.99. The molecule has 2 aromatic carbocycles. The van der Waals surface area contributed by atoms with Crippen LogP contribution >= 0.6 is 0 Å². The van der Waals surface area contributed by atoms with Crippen molar-refractivity contribution < 1.29 is 19.1 Å². The number of nitriles is 1. The lowest BCUT2D eigenvalue weighted by Crippen LogP contribution is -2.37. The van der Waals surface area contributed by atoms with Gasteiger partial charge < -0.3 is 14.4 Å². The van der Waals surface area contributed by atoms with Crippen molar-refractivity contribution in [1.82, 2.24) is 4.90 Å². The molecule has 0 aliphatic heterocycles. The molecule has 2 aromatic rings. The first-order valence-electron chi connectivity index (χ1n) is 8.11. The van der Waals surface area contributed by atoms with E-state index in [-0.39, 0.29) is 12.5 Å². The lowest BCUT2D eigenvalue weighted by molar-refractivity contribution is -0.160. The van der Waals surface area contributed by atoms with Gasteiger partial charge in [-0.25, -0.2) is 4.79 Å². The van der Waals surface area contributed by atoms with Crippen molar-refractivity contribution in [3.63, 3.8) is 0 Å². The number of esters is 1. The molecule has 0 N–H and O–H groups in total. The van der Waals surface area contributed by atoms with Crippen LogP contribution in [-0.2, 0) is 20.9 Å². The van der Waals surface area contributed by atoms with Crippen molar-refractivity contribution in [3.8, 4) is 11.8 Å². The predicted molar refractivity (Wildman–Crippen MR) is 95.1 cm³/mol. The van der Waals surface area contributed by atoms with Crippen LogP contribution in [0.5, 0.6) is 5.75 Å². The summed E-state index contributed by atoms with van der Waals surface area (Å²) >= 11 is 0. The Morgan fingerprint density at radius 2 is 1.77 bits per heavy atom. The number of hydrogen-bond donors (Lipinski definition) is 0. The molecule has 1 amide bonds. The van der Waals surface area contributed by atoms with Crippen LogP contribution in [0.4, 0.5) is 0 Å². The number of benzene rings is 2. The molecule has 0 fully saturated rings. The van der Waals surface area contributed by atoms with Gasteiger partial charge in [-0.3, -0.25) is 4.79 Å². The van der Waals surface area contributed by atoms with Gasteiger partial charge in [0.25, 0.3) is 5.91 Å². The number of likely N-dealkylation sites (N-methyl/N-ethyl adjacent to an activating group) is 1. The summed E-state index contributed by atoms with van der Waals surface area (Å²) in [7, 11) is 1.65. The molecule has 6 nitrogen and oxygen atoms in total. The number of amides is 1. The molecule has 0 saturated carbocycles. The lowest BCUT2D eigenvalue weighted by atomic mass is 10.2. The van der Waals surface area contributed by atoms with Gasteiger partial charge in [-0.05, 0) is 24.6 Å². The second kappa shape index (κ2) is 9.23. The lowest BCUT2D eigenvalue weighted by Gasteiger charge is -2.21. The van der Waals surface area contributed by atoms with E-state index in [2.05, 4.69) is 0 Å². The highest BCUT2D eigenvalue weighted by Crippen LogP contribution is 2.16. The van der Waals surface area contributed by atoms with Gasteiger partial charge in [-0.1, -0.05) is 42.5 Å². The first kappa shape index (κ1) is 19.0. The van der Waals surface area contributed by atoms with Crippen molar-refractivity contribution in [1.29, 1.82) is 5.26 Å². The second-order valence-electron chi connectivity index (χ2n) is 5.71. The van der Waals surface area contributed by atoms with Gasteiger partial charge in [0.05, 0.1) is 5.56 Å². The predicted octanol–water partition coefficient (Wildman–Crippen LogP) is 2.53.